The quantitative estimate of drug-likeness (QED) is 0.636. The van der Waals surface area contributed by atoms with Gasteiger partial charge in [0.25, 0.3) is 5.91 Å². The Morgan fingerprint density at radius 2 is 2.08 bits per heavy atom. The maximum atomic E-state index is 12.2. The van der Waals surface area contributed by atoms with Crippen molar-refractivity contribution in [3.8, 4) is 0 Å². The fourth-order valence-corrected chi connectivity index (χ4v) is 4.17. The number of hydrogen-bond acceptors (Lipinski definition) is 6. The van der Waals surface area contributed by atoms with Crippen LogP contribution in [0.1, 0.15) is 23.7 Å². The zero-order valence-electron chi connectivity index (χ0n) is 13.8. The maximum Gasteiger partial charge on any atom is 0.263 e. The van der Waals surface area contributed by atoms with E-state index in [2.05, 4.69) is 10.3 Å². The predicted octanol–water partition coefficient (Wildman–Crippen LogP) is 3.93. The smallest absolute Gasteiger partial charge is 0.263 e. The van der Waals surface area contributed by atoms with E-state index in [0.29, 0.717) is 20.1 Å². The Morgan fingerprint density at radius 3 is 2.68 bits per heavy atom. The molecule has 25 heavy (non-hydrogen) atoms. The van der Waals surface area contributed by atoms with Gasteiger partial charge in [-0.2, -0.15) is 0 Å². The van der Waals surface area contributed by atoms with Crippen LogP contribution in [0.5, 0.6) is 0 Å². The van der Waals surface area contributed by atoms with Crippen molar-refractivity contribution in [2.75, 3.05) is 4.90 Å². The van der Waals surface area contributed by atoms with Crippen LogP contribution in [0.3, 0.4) is 0 Å². The third-order valence-electron chi connectivity index (χ3n) is 3.69. The summed E-state index contributed by atoms with van der Waals surface area (Å²) in [5.74, 6) is -0.340. The van der Waals surface area contributed by atoms with Gasteiger partial charge in [0, 0.05) is 12.3 Å². The second-order valence-corrected chi connectivity index (χ2v) is 8.09. The van der Waals surface area contributed by atoms with Gasteiger partial charge in [-0.25, -0.2) is 4.98 Å². The van der Waals surface area contributed by atoms with Crippen molar-refractivity contribution in [3.05, 3.63) is 45.3 Å². The van der Waals surface area contributed by atoms with E-state index in [-0.39, 0.29) is 11.8 Å². The highest BCUT2D eigenvalue weighted by molar-refractivity contribution is 8.26. The van der Waals surface area contributed by atoms with Gasteiger partial charge in [0.2, 0.25) is 5.91 Å². The number of carbonyl (C=O) groups is 2. The Balaban J connectivity index is 1.94. The summed E-state index contributed by atoms with van der Waals surface area (Å²) >= 11 is 7.54. The van der Waals surface area contributed by atoms with E-state index in [1.54, 1.807) is 11.0 Å². The minimum Gasteiger partial charge on any atom is -0.307 e. The average molecular weight is 390 g/mol. The SMILES string of the molecule is CC(=O)N(c1ccc(C)c(C)c1)c1nc(/C=C2\SC(=S)NC2=O)cs1. The van der Waals surface area contributed by atoms with E-state index in [0.717, 1.165) is 16.8 Å². The first-order valence-electron chi connectivity index (χ1n) is 7.43. The van der Waals surface area contributed by atoms with Gasteiger partial charge in [-0.1, -0.05) is 30.0 Å². The number of nitrogens with one attached hydrogen (secondary N) is 1. The normalized spacial score (nSPS) is 15.6. The van der Waals surface area contributed by atoms with Gasteiger partial charge in [0.15, 0.2) is 5.13 Å². The third-order valence-corrected chi connectivity index (χ3v) is 5.69. The maximum absolute atomic E-state index is 12.2. The zero-order chi connectivity index (χ0) is 18.1. The molecule has 1 aromatic heterocycles. The molecule has 0 bridgehead atoms. The molecule has 0 atom stereocenters. The van der Waals surface area contributed by atoms with Crippen LogP contribution < -0.4 is 10.2 Å². The van der Waals surface area contributed by atoms with E-state index in [9.17, 15) is 9.59 Å². The van der Waals surface area contributed by atoms with Crippen molar-refractivity contribution in [1.82, 2.24) is 10.3 Å². The van der Waals surface area contributed by atoms with Crippen LogP contribution in [0, 0.1) is 13.8 Å². The Labute approximate surface area is 159 Å². The summed E-state index contributed by atoms with van der Waals surface area (Å²) in [6.07, 6.45) is 1.68. The molecule has 1 fully saturated rings. The van der Waals surface area contributed by atoms with Crippen LogP contribution >= 0.6 is 35.3 Å². The molecule has 1 aliphatic heterocycles. The van der Waals surface area contributed by atoms with E-state index in [1.165, 1.54) is 30.0 Å². The fraction of sp³-hybridized carbons (Fsp3) is 0.176. The summed E-state index contributed by atoms with van der Waals surface area (Å²) in [7, 11) is 0. The fourth-order valence-electron chi connectivity index (χ4n) is 2.29. The summed E-state index contributed by atoms with van der Waals surface area (Å²) in [6, 6.07) is 5.86. The van der Waals surface area contributed by atoms with Gasteiger partial charge >= 0.3 is 0 Å². The van der Waals surface area contributed by atoms with E-state index < -0.39 is 0 Å². The first-order chi connectivity index (χ1) is 11.8. The Kier molecular flexibility index (Phi) is 5.03. The standard InChI is InChI=1S/C17H15N3O2S3/c1-9-4-5-13(6-10(9)2)20(11(3)21)16-18-12(8-24-16)7-14-15(22)19-17(23)25-14/h4-8H,1-3H3,(H,19,22,23)/b14-7-. The van der Waals surface area contributed by atoms with E-state index in [4.69, 9.17) is 12.2 Å². The van der Waals surface area contributed by atoms with E-state index >= 15 is 0 Å². The van der Waals surface area contributed by atoms with Gasteiger partial charge in [-0.05, 0) is 43.2 Å². The minimum atomic E-state index is -0.220. The molecule has 1 N–H and O–H groups in total. The van der Waals surface area contributed by atoms with Crippen molar-refractivity contribution < 1.29 is 9.59 Å². The molecule has 2 heterocycles. The van der Waals surface area contributed by atoms with Crippen molar-refractivity contribution in [1.29, 1.82) is 0 Å². The number of carbonyl (C=O) groups excluding carboxylic acids is 2. The van der Waals surface area contributed by atoms with E-state index in [1.807, 2.05) is 37.4 Å². The summed E-state index contributed by atoms with van der Waals surface area (Å²) < 4.78 is 0.437. The highest BCUT2D eigenvalue weighted by atomic mass is 32.2. The summed E-state index contributed by atoms with van der Waals surface area (Å²) in [5.41, 5.74) is 3.67. The first-order valence-corrected chi connectivity index (χ1v) is 9.54. The monoisotopic (exact) mass is 389 g/mol. The highest BCUT2D eigenvalue weighted by Gasteiger charge is 2.23. The predicted molar refractivity (Wildman–Crippen MR) is 107 cm³/mol. The Hall–Kier alpha value is -2.03. The lowest BCUT2D eigenvalue weighted by Crippen LogP contribution is -2.22. The number of thiazole rings is 1. The molecule has 0 unspecified atom stereocenters. The molecule has 3 rings (SSSR count). The first kappa shape index (κ1) is 17.8. The second-order valence-electron chi connectivity index (χ2n) is 5.53. The molecule has 0 spiro atoms. The lowest BCUT2D eigenvalue weighted by atomic mass is 10.1. The number of benzene rings is 1. The number of nitrogens with zero attached hydrogens (tertiary/aromatic N) is 2. The molecular weight excluding hydrogens is 374 g/mol. The molecule has 0 saturated carbocycles. The number of aryl methyl sites for hydroxylation is 2. The molecule has 2 amide bonds. The number of thiocarbonyl (C=S) groups is 1. The van der Waals surface area contributed by atoms with Gasteiger partial charge in [-0.15, -0.1) is 11.3 Å². The third kappa shape index (κ3) is 3.81. The number of rotatable bonds is 3. The molecule has 8 heteroatoms. The van der Waals surface area contributed by atoms with Gasteiger partial charge in [-0.3, -0.25) is 14.5 Å². The lowest BCUT2D eigenvalue weighted by Gasteiger charge is -2.19. The Bertz CT molecular complexity index is 918. The number of hydrogen-bond donors (Lipinski definition) is 1. The zero-order valence-corrected chi connectivity index (χ0v) is 16.3. The van der Waals surface area contributed by atoms with Gasteiger partial charge < -0.3 is 5.32 Å². The second kappa shape index (κ2) is 7.07. The summed E-state index contributed by atoms with van der Waals surface area (Å²) in [6.45, 7) is 5.54. The number of thioether (sulfide) groups is 1. The molecular formula is C17H15N3O2S3. The molecule has 1 saturated heterocycles. The molecule has 5 nitrogen and oxygen atoms in total. The van der Waals surface area contributed by atoms with Gasteiger partial charge in [0.1, 0.15) is 4.32 Å². The van der Waals surface area contributed by atoms with Crippen LogP contribution in [-0.2, 0) is 9.59 Å². The Morgan fingerprint density at radius 1 is 1.32 bits per heavy atom. The van der Waals surface area contributed by atoms with Crippen LogP contribution in [0.2, 0.25) is 0 Å². The lowest BCUT2D eigenvalue weighted by molar-refractivity contribution is -0.116. The van der Waals surface area contributed by atoms with Crippen LogP contribution in [0.25, 0.3) is 6.08 Å². The van der Waals surface area contributed by atoms with Crippen molar-refractivity contribution in [2.45, 2.75) is 20.8 Å². The molecule has 128 valence electrons. The largest absolute Gasteiger partial charge is 0.307 e. The average Bonchev–Trinajstić information content (AvgIpc) is 3.10. The number of aromatic nitrogens is 1. The topological polar surface area (TPSA) is 62.3 Å². The van der Waals surface area contributed by atoms with Crippen LogP contribution in [0.15, 0.2) is 28.5 Å². The molecule has 1 aromatic carbocycles. The molecule has 1 aliphatic rings. The number of amides is 2. The molecule has 0 radical (unpaired) electrons. The van der Waals surface area contributed by atoms with Crippen LogP contribution in [-0.4, -0.2) is 21.1 Å². The van der Waals surface area contributed by atoms with Crippen molar-refractivity contribution in [3.63, 3.8) is 0 Å². The summed E-state index contributed by atoms with van der Waals surface area (Å²) in [5, 5.41) is 4.95. The van der Waals surface area contributed by atoms with Gasteiger partial charge in [0.05, 0.1) is 16.3 Å². The molecule has 2 aromatic rings. The highest BCUT2D eigenvalue weighted by Crippen LogP contribution is 2.32. The van der Waals surface area contributed by atoms with Crippen LogP contribution in [0.4, 0.5) is 10.8 Å². The minimum absolute atomic E-state index is 0.119. The molecule has 0 aliphatic carbocycles. The summed E-state index contributed by atoms with van der Waals surface area (Å²) in [4.78, 5) is 30.5. The van der Waals surface area contributed by atoms with Crippen molar-refractivity contribution in [2.24, 2.45) is 0 Å². The number of anilines is 2. The van der Waals surface area contributed by atoms with Crippen molar-refractivity contribution >= 4 is 68.3 Å².